The zero-order chi connectivity index (χ0) is 16.5. The predicted molar refractivity (Wildman–Crippen MR) is 78.1 cm³/mol. The van der Waals surface area contributed by atoms with E-state index in [0.29, 0.717) is 5.70 Å². The summed E-state index contributed by atoms with van der Waals surface area (Å²) in [6.45, 7) is 3.36. The first kappa shape index (κ1) is 16.0. The van der Waals surface area contributed by atoms with E-state index in [1.165, 1.54) is 25.3 Å². The molecule has 0 saturated carbocycles. The molecular formula is C14H16N2O5S. The van der Waals surface area contributed by atoms with E-state index in [4.69, 9.17) is 5.11 Å². The number of carbonyl (C=O) groups excluding carboxylic acids is 1. The van der Waals surface area contributed by atoms with Crippen molar-refractivity contribution < 1.29 is 23.1 Å². The number of aliphatic carboxylic acids is 1. The number of aryl methyl sites for hydroxylation is 1. The van der Waals surface area contributed by atoms with Crippen LogP contribution in [0.2, 0.25) is 0 Å². The Morgan fingerprint density at radius 1 is 1.27 bits per heavy atom. The van der Waals surface area contributed by atoms with Crippen molar-refractivity contribution >= 4 is 21.9 Å². The molecule has 0 aromatic heterocycles. The molecule has 7 nitrogen and oxygen atoms in total. The van der Waals surface area contributed by atoms with Gasteiger partial charge in [0.05, 0.1) is 11.3 Å². The van der Waals surface area contributed by atoms with Crippen LogP contribution >= 0.6 is 0 Å². The summed E-state index contributed by atoms with van der Waals surface area (Å²) in [7, 11) is -4.01. The van der Waals surface area contributed by atoms with Gasteiger partial charge in [0.25, 0.3) is 10.0 Å². The van der Waals surface area contributed by atoms with E-state index in [-0.39, 0.29) is 4.90 Å². The zero-order valence-corrected chi connectivity index (χ0v) is 12.9. The third-order valence-electron chi connectivity index (χ3n) is 3.22. The number of nitrogens with one attached hydrogen (secondary N) is 1. The van der Waals surface area contributed by atoms with Gasteiger partial charge in [0.1, 0.15) is 6.04 Å². The number of hydrogen-bond acceptors (Lipinski definition) is 4. The zero-order valence-electron chi connectivity index (χ0n) is 12.1. The molecule has 2 N–H and O–H groups in total. The second-order valence-electron chi connectivity index (χ2n) is 5.06. The van der Waals surface area contributed by atoms with E-state index in [1.54, 1.807) is 12.1 Å². The lowest BCUT2D eigenvalue weighted by atomic mass is 10.1. The van der Waals surface area contributed by atoms with Gasteiger partial charge in [0.2, 0.25) is 5.91 Å². The number of rotatable bonds is 4. The van der Waals surface area contributed by atoms with Gasteiger partial charge in [-0.3, -0.25) is 13.9 Å². The summed E-state index contributed by atoms with van der Waals surface area (Å²) < 4.78 is 26.2. The lowest BCUT2D eigenvalue weighted by Crippen LogP contribution is -2.51. The van der Waals surface area contributed by atoms with Gasteiger partial charge in [-0.15, -0.1) is 0 Å². The Morgan fingerprint density at radius 2 is 1.86 bits per heavy atom. The lowest BCUT2D eigenvalue weighted by molar-refractivity contribution is -0.140. The highest BCUT2D eigenvalue weighted by atomic mass is 32.2. The summed E-state index contributed by atoms with van der Waals surface area (Å²) >= 11 is 0. The number of hydrogen-bond donors (Lipinski definition) is 2. The molecule has 22 heavy (non-hydrogen) atoms. The Balaban J connectivity index is 2.49. The topological polar surface area (TPSA) is 104 Å². The van der Waals surface area contributed by atoms with Gasteiger partial charge in [-0.2, -0.15) is 0 Å². The quantitative estimate of drug-likeness (QED) is 0.853. The molecule has 1 aromatic carbocycles. The molecule has 0 bridgehead atoms. The van der Waals surface area contributed by atoms with Gasteiger partial charge >= 0.3 is 5.97 Å². The molecule has 0 fully saturated rings. The molecule has 0 saturated heterocycles. The largest absolute Gasteiger partial charge is 0.481 e. The van der Waals surface area contributed by atoms with Crippen molar-refractivity contribution in [2.24, 2.45) is 0 Å². The number of sulfonamides is 1. The van der Waals surface area contributed by atoms with Crippen LogP contribution in [0, 0.1) is 6.92 Å². The summed E-state index contributed by atoms with van der Waals surface area (Å²) in [5, 5.41) is 11.4. The molecular weight excluding hydrogens is 308 g/mol. The van der Waals surface area contributed by atoms with Gasteiger partial charge in [-0.1, -0.05) is 17.7 Å². The van der Waals surface area contributed by atoms with Crippen molar-refractivity contribution in [2.75, 3.05) is 0 Å². The number of allylic oxidation sites excluding steroid dienone is 1. The minimum atomic E-state index is -4.01. The highest BCUT2D eigenvalue weighted by Gasteiger charge is 2.38. The minimum absolute atomic E-state index is 0.00670. The number of carboxylic acid groups (broad SMARTS) is 1. The molecule has 8 heteroatoms. The van der Waals surface area contributed by atoms with E-state index in [2.05, 4.69) is 5.32 Å². The monoisotopic (exact) mass is 324 g/mol. The van der Waals surface area contributed by atoms with Crippen LogP contribution < -0.4 is 5.32 Å². The number of benzene rings is 1. The molecule has 1 aliphatic rings. The average molecular weight is 324 g/mol. The van der Waals surface area contributed by atoms with Crippen molar-refractivity contribution in [1.82, 2.24) is 9.62 Å². The maximum absolute atomic E-state index is 12.7. The molecule has 1 heterocycles. The Kier molecular flexibility index (Phi) is 4.23. The Labute approximate surface area is 128 Å². The van der Waals surface area contributed by atoms with Gasteiger partial charge in [0.15, 0.2) is 0 Å². The van der Waals surface area contributed by atoms with Crippen molar-refractivity contribution in [2.45, 2.75) is 31.2 Å². The highest BCUT2D eigenvalue weighted by Crippen LogP contribution is 2.24. The fourth-order valence-corrected chi connectivity index (χ4v) is 3.65. The summed E-state index contributed by atoms with van der Waals surface area (Å²) in [4.78, 5) is 22.9. The minimum Gasteiger partial charge on any atom is -0.481 e. The van der Waals surface area contributed by atoms with Gasteiger partial charge in [0, 0.05) is 11.9 Å². The highest BCUT2D eigenvalue weighted by molar-refractivity contribution is 7.89. The average Bonchev–Trinajstić information content (AvgIpc) is 2.41. The van der Waals surface area contributed by atoms with E-state index in [0.717, 1.165) is 9.87 Å². The predicted octanol–water partition coefficient (Wildman–Crippen LogP) is 0.820. The molecule has 1 atom stereocenters. The van der Waals surface area contributed by atoms with E-state index < -0.39 is 34.4 Å². The Morgan fingerprint density at radius 3 is 2.41 bits per heavy atom. The second kappa shape index (κ2) is 5.80. The smallest absolute Gasteiger partial charge is 0.306 e. The molecule has 1 unspecified atom stereocenters. The van der Waals surface area contributed by atoms with Crippen molar-refractivity contribution in [3.8, 4) is 0 Å². The van der Waals surface area contributed by atoms with Crippen LogP contribution in [0.25, 0.3) is 0 Å². The molecule has 118 valence electrons. The lowest BCUT2D eigenvalue weighted by Gasteiger charge is -2.32. The summed E-state index contributed by atoms with van der Waals surface area (Å²) in [6.07, 6.45) is 0.630. The fraction of sp³-hybridized carbons (Fsp3) is 0.286. The van der Waals surface area contributed by atoms with Gasteiger partial charge in [-0.25, -0.2) is 8.42 Å². The van der Waals surface area contributed by atoms with Crippen LogP contribution in [0.15, 0.2) is 41.1 Å². The molecule has 1 amide bonds. The third-order valence-corrected chi connectivity index (χ3v) is 5.00. The molecule has 1 aromatic rings. The third kappa shape index (κ3) is 3.11. The molecule has 0 spiro atoms. The molecule has 0 radical (unpaired) electrons. The van der Waals surface area contributed by atoms with Gasteiger partial charge in [-0.05, 0) is 26.0 Å². The van der Waals surface area contributed by atoms with E-state index in [1.807, 2.05) is 6.92 Å². The first-order valence-corrected chi connectivity index (χ1v) is 7.97. The van der Waals surface area contributed by atoms with Crippen LogP contribution in [-0.2, 0) is 19.6 Å². The van der Waals surface area contributed by atoms with Crippen LogP contribution in [0.5, 0.6) is 0 Å². The molecule has 1 aliphatic heterocycles. The number of carbonyl (C=O) groups is 2. The summed E-state index contributed by atoms with van der Waals surface area (Å²) in [6, 6.07) is 4.82. The standard InChI is InChI=1S/C14H16N2O5S/c1-9-3-5-11(6-4-9)22(20,21)16-8-10(2)15-14(19)12(16)7-13(17)18/h3-6,8,12H,7H2,1-2H3,(H,15,19)(H,17,18). The van der Waals surface area contributed by atoms with Gasteiger partial charge < -0.3 is 10.4 Å². The van der Waals surface area contributed by atoms with Crippen molar-refractivity contribution in [3.63, 3.8) is 0 Å². The van der Waals surface area contributed by atoms with E-state index in [9.17, 15) is 18.0 Å². The maximum Gasteiger partial charge on any atom is 0.306 e. The number of carboxylic acids is 1. The van der Waals surface area contributed by atoms with Crippen LogP contribution in [0.4, 0.5) is 0 Å². The van der Waals surface area contributed by atoms with Crippen LogP contribution in [0.3, 0.4) is 0 Å². The fourth-order valence-electron chi connectivity index (χ4n) is 2.12. The normalized spacial score (nSPS) is 18.6. The first-order chi connectivity index (χ1) is 10.2. The van der Waals surface area contributed by atoms with Crippen LogP contribution in [0.1, 0.15) is 18.9 Å². The number of amides is 1. The van der Waals surface area contributed by atoms with E-state index >= 15 is 0 Å². The summed E-state index contributed by atoms with van der Waals surface area (Å²) in [5.74, 6) is -1.91. The second-order valence-corrected chi connectivity index (χ2v) is 6.91. The molecule has 2 rings (SSSR count). The van der Waals surface area contributed by atoms with Crippen molar-refractivity contribution in [3.05, 3.63) is 41.7 Å². The first-order valence-electron chi connectivity index (χ1n) is 6.53. The number of nitrogens with zero attached hydrogens (tertiary/aromatic N) is 1. The Hall–Kier alpha value is -2.35. The van der Waals surface area contributed by atoms with Crippen LogP contribution in [-0.4, -0.2) is 35.7 Å². The maximum atomic E-state index is 12.7. The molecule has 0 aliphatic carbocycles. The Bertz CT molecular complexity index is 737. The SMILES string of the molecule is CC1=CN(S(=O)(=O)c2ccc(C)cc2)C(CC(=O)O)C(=O)N1. The summed E-state index contributed by atoms with van der Waals surface area (Å²) in [5.41, 5.74) is 1.23. The van der Waals surface area contributed by atoms with Crippen molar-refractivity contribution in [1.29, 1.82) is 0 Å².